The topological polar surface area (TPSA) is 34.4 Å². The van der Waals surface area contributed by atoms with Crippen molar-refractivity contribution in [3.63, 3.8) is 0 Å². The minimum atomic E-state index is 0.111. The summed E-state index contributed by atoms with van der Waals surface area (Å²) in [5.41, 5.74) is 2.54. The van der Waals surface area contributed by atoms with E-state index in [0.29, 0.717) is 0 Å². The third-order valence-electron chi connectivity index (χ3n) is 3.90. The number of aryl methyl sites for hydroxylation is 1. The molecule has 1 aliphatic heterocycles. The molecule has 21 heavy (non-hydrogen) atoms. The Hall–Kier alpha value is -1.74. The van der Waals surface area contributed by atoms with E-state index in [-0.39, 0.29) is 12.1 Å². The smallest absolute Gasteiger partial charge is 0.125 e. The summed E-state index contributed by atoms with van der Waals surface area (Å²) >= 11 is 0. The molecule has 0 radical (unpaired) electrons. The second-order valence-electron chi connectivity index (χ2n) is 5.84. The molecular formula is C18H23NO2. The summed E-state index contributed by atoms with van der Waals surface area (Å²) in [5, 5.41) is 3.58. The van der Waals surface area contributed by atoms with Gasteiger partial charge in [-0.05, 0) is 62.2 Å². The summed E-state index contributed by atoms with van der Waals surface area (Å²) in [5.74, 6) is 2.95. The van der Waals surface area contributed by atoms with Crippen LogP contribution in [0.25, 0.3) is 0 Å². The lowest BCUT2D eigenvalue weighted by molar-refractivity contribution is 0.254. The molecule has 2 heterocycles. The molecule has 112 valence electrons. The Morgan fingerprint density at radius 3 is 2.86 bits per heavy atom. The molecule has 1 aromatic carbocycles. The number of rotatable bonds is 5. The fourth-order valence-corrected chi connectivity index (χ4v) is 2.90. The van der Waals surface area contributed by atoms with Gasteiger partial charge in [-0.1, -0.05) is 13.0 Å². The third-order valence-corrected chi connectivity index (χ3v) is 3.90. The van der Waals surface area contributed by atoms with Gasteiger partial charge in [0.25, 0.3) is 0 Å². The first kappa shape index (κ1) is 14.2. The van der Waals surface area contributed by atoms with Crippen LogP contribution < -0.4 is 10.1 Å². The van der Waals surface area contributed by atoms with Gasteiger partial charge in [-0.15, -0.1) is 0 Å². The average Bonchev–Trinajstić information content (AvgIpc) is 3.04. The number of fused-ring (bicyclic) bond motifs is 1. The van der Waals surface area contributed by atoms with Gasteiger partial charge in [-0.25, -0.2) is 0 Å². The monoisotopic (exact) mass is 285 g/mol. The van der Waals surface area contributed by atoms with Crippen LogP contribution in [0.5, 0.6) is 5.75 Å². The predicted octanol–water partition coefficient (Wildman–Crippen LogP) is 4.00. The van der Waals surface area contributed by atoms with Gasteiger partial charge < -0.3 is 14.5 Å². The maximum absolute atomic E-state index is 5.84. The molecule has 0 aliphatic carbocycles. The largest absolute Gasteiger partial charge is 0.490 e. The van der Waals surface area contributed by atoms with Gasteiger partial charge in [0.1, 0.15) is 23.4 Å². The van der Waals surface area contributed by atoms with Crippen LogP contribution in [0.15, 0.2) is 34.7 Å². The van der Waals surface area contributed by atoms with Crippen molar-refractivity contribution < 1.29 is 9.15 Å². The van der Waals surface area contributed by atoms with Crippen LogP contribution in [0.4, 0.5) is 0 Å². The normalized spacial score (nSPS) is 18.3. The van der Waals surface area contributed by atoms with Crippen molar-refractivity contribution in [3.8, 4) is 5.75 Å². The molecule has 3 heteroatoms. The summed E-state index contributed by atoms with van der Waals surface area (Å²) in [6.07, 6.45) is 2.37. The van der Waals surface area contributed by atoms with Crippen molar-refractivity contribution in [2.45, 2.75) is 45.8 Å². The molecule has 2 aromatic rings. The van der Waals surface area contributed by atoms with Crippen molar-refractivity contribution in [1.82, 2.24) is 5.32 Å². The van der Waals surface area contributed by atoms with Crippen LogP contribution in [-0.4, -0.2) is 12.6 Å². The molecule has 1 aliphatic rings. The lowest BCUT2D eigenvalue weighted by Gasteiger charge is -2.17. The van der Waals surface area contributed by atoms with Gasteiger partial charge in [0, 0.05) is 6.42 Å². The van der Waals surface area contributed by atoms with E-state index < -0.39 is 0 Å². The Kier molecular flexibility index (Phi) is 4.02. The van der Waals surface area contributed by atoms with Crippen molar-refractivity contribution in [2.75, 3.05) is 6.54 Å². The summed E-state index contributed by atoms with van der Waals surface area (Å²) < 4.78 is 11.6. The Morgan fingerprint density at radius 2 is 2.14 bits per heavy atom. The van der Waals surface area contributed by atoms with Crippen molar-refractivity contribution in [3.05, 3.63) is 53.0 Å². The molecule has 1 N–H and O–H groups in total. The molecule has 1 aromatic heterocycles. The average molecular weight is 285 g/mol. The van der Waals surface area contributed by atoms with Gasteiger partial charge >= 0.3 is 0 Å². The summed E-state index contributed by atoms with van der Waals surface area (Å²) in [6.45, 7) is 7.24. The first-order chi connectivity index (χ1) is 10.2. The van der Waals surface area contributed by atoms with Crippen LogP contribution >= 0.6 is 0 Å². The summed E-state index contributed by atoms with van der Waals surface area (Å²) in [6, 6.07) is 10.7. The molecule has 2 unspecified atom stereocenters. The highest BCUT2D eigenvalue weighted by Gasteiger charge is 2.23. The number of nitrogens with one attached hydrogen (secondary N) is 1. The van der Waals surface area contributed by atoms with E-state index in [1.807, 2.05) is 13.0 Å². The highest BCUT2D eigenvalue weighted by molar-refractivity contribution is 5.43. The lowest BCUT2D eigenvalue weighted by Crippen LogP contribution is -2.22. The van der Waals surface area contributed by atoms with Crippen LogP contribution in [0, 0.1) is 6.92 Å². The first-order valence-corrected chi connectivity index (χ1v) is 7.76. The van der Waals surface area contributed by atoms with Gasteiger partial charge in [0.05, 0.1) is 6.04 Å². The quantitative estimate of drug-likeness (QED) is 0.901. The molecule has 0 bridgehead atoms. The molecule has 3 rings (SSSR count). The number of hydrogen-bond acceptors (Lipinski definition) is 3. The zero-order chi connectivity index (χ0) is 14.8. The van der Waals surface area contributed by atoms with E-state index in [2.05, 4.69) is 43.4 Å². The van der Waals surface area contributed by atoms with Crippen molar-refractivity contribution in [2.24, 2.45) is 0 Å². The standard InChI is InChI=1S/C18H23NO2/c1-4-9-19-18(17-7-5-12(2)20-17)14-6-8-16-15(11-14)10-13(3)21-16/h5-8,11,13,18-19H,4,9-10H2,1-3H3. The predicted molar refractivity (Wildman–Crippen MR) is 83.8 cm³/mol. The molecule has 0 saturated heterocycles. The van der Waals surface area contributed by atoms with Crippen LogP contribution in [0.1, 0.15) is 49.0 Å². The molecule has 3 nitrogen and oxygen atoms in total. The van der Waals surface area contributed by atoms with Gasteiger partial charge in [0.2, 0.25) is 0 Å². The number of benzene rings is 1. The maximum Gasteiger partial charge on any atom is 0.125 e. The first-order valence-electron chi connectivity index (χ1n) is 7.76. The van der Waals surface area contributed by atoms with E-state index in [9.17, 15) is 0 Å². The second-order valence-corrected chi connectivity index (χ2v) is 5.84. The number of furan rings is 1. The zero-order valence-corrected chi connectivity index (χ0v) is 13.0. The lowest BCUT2D eigenvalue weighted by atomic mass is 10.00. The van der Waals surface area contributed by atoms with Crippen LogP contribution in [-0.2, 0) is 6.42 Å². The molecule has 0 fully saturated rings. The number of ether oxygens (including phenoxy) is 1. The summed E-state index contributed by atoms with van der Waals surface area (Å²) in [4.78, 5) is 0. The molecule has 0 amide bonds. The zero-order valence-electron chi connectivity index (χ0n) is 13.0. The van der Waals surface area contributed by atoms with E-state index in [1.54, 1.807) is 0 Å². The SMILES string of the molecule is CCCNC(c1ccc2c(c1)CC(C)O2)c1ccc(C)o1. The Balaban J connectivity index is 1.91. The second kappa shape index (κ2) is 5.94. The number of hydrogen-bond donors (Lipinski definition) is 1. The van der Waals surface area contributed by atoms with Crippen molar-refractivity contribution >= 4 is 0 Å². The molecule has 0 spiro atoms. The van der Waals surface area contributed by atoms with E-state index >= 15 is 0 Å². The van der Waals surface area contributed by atoms with E-state index in [4.69, 9.17) is 9.15 Å². The Labute approximate surface area is 126 Å². The fraction of sp³-hybridized carbons (Fsp3) is 0.444. The van der Waals surface area contributed by atoms with Crippen LogP contribution in [0.3, 0.4) is 0 Å². The molecule has 0 saturated carbocycles. The minimum absolute atomic E-state index is 0.111. The van der Waals surface area contributed by atoms with Crippen LogP contribution in [0.2, 0.25) is 0 Å². The maximum atomic E-state index is 5.84. The summed E-state index contributed by atoms with van der Waals surface area (Å²) in [7, 11) is 0. The van der Waals surface area contributed by atoms with Crippen molar-refractivity contribution in [1.29, 1.82) is 0 Å². The minimum Gasteiger partial charge on any atom is -0.490 e. The Morgan fingerprint density at radius 1 is 1.29 bits per heavy atom. The highest BCUT2D eigenvalue weighted by atomic mass is 16.5. The highest BCUT2D eigenvalue weighted by Crippen LogP contribution is 2.33. The van der Waals surface area contributed by atoms with Gasteiger partial charge in [0.15, 0.2) is 0 Å². The molecule has 2 atom stereocenters. The van der Waals surface area contributed by atoms with Gasteiger partial charge in [-0.2, -0.15) is 0 Å². The van der Waals surface area contributed by atoms with E-state index in [0.717, 1.165) is 36.7 Å². The Bertz CT molecular complexity index is 617. The molecular weight excluding hydrogens is 262 g/mol. The third kappa shape index (κ3) is 2.98. The van der Waals surface area contributed by atoms with Gasteiger partial charge in [-0.3, -0.25) is 0 Å². The fourth-order valence-electron chi connectivity index (χ4n) is 2.90. The van der Waals surface area contributed by atoms with E-state index in [1.165, 1.54) is 11.1 Å².